The van der Waals surface area contributed by atoms with E-state index < -0.39 is 55.2 Å². The molecule has 0 spiro atoms. The summed E-state index contributed by atoms with van der Waals surface area (Å²) in [4.78, 5) is -0.974. The number of aryl methyl sites for hydroxylation is 2. The number of ether oxygens (including phenoxy) is 1. The molecule has 14 nitrogen and oxygen atoms in total. The third-order valence-electron chi connectivity index (χ3n) is 8.45. The molecule has 1 aliphatic heterocycles. The van der Waals surface area contributed by atoms with Crippen molar-refractivity contribution in [3.63, 3.8) is 0 Å². The third-order valence-corrected chi connectivity index (χ3v) is 12.3. The molecule has 0 aliphatic carbocycles. The second-order valence-electron chi connectivity index (χ2n) is 11.6. The Hall–Kier alpha value is -4.14. The van der Waals surface area contributed by atoms with Crippen LogP contribution in [0.5, 0.6) is 11.5 Å². The van der Waals surface area contributed by atoms with Gasteiger partial charge in [0.2, 0.25) is 0 Å². The monoisotopic (exact) mass is 779 g/mol. The predicted octanol–water partition coefficient (Wildman–Crippen LogP) is 4.03. The summed E-state index contributed by atoms with van der Waals surface area (Å²) in [6.45, 7) is 10.3. The summed E-state index contributed by atoms with van der Waals surface area (Å²) in [6, 6.07) is 10.9. The van der Waals surface area contributed by atoms with E-state index in [-0.39, 0.29) is 79.0 Å². The van der Waals surface area contributed by atoms with Crippen LogP contribution in [0.15, 0.2) is 74.2 Å². The van der Waals surface area contributed by atoms with Crippen molar-refractivity contribution in [2.24, 2.45) is 0 Å². The molecule has 0 unspecified atom stereocenters. The van der Waals surface area contributed by atoms with Gasteiger partial charge in [0.25, 0.3) is 40.5 Å². The Morgan fingerprint density at radius 2 is 1.29 bits per heavy atom. The zero-order valence-electron chi connectivity index (χ0n) is 27.6. The lowest BCUT2D eigenvalue weighted by molar-refractivity contribution is 0.466. The molecule has 272 valence electrons. The second-order valence-corrected chi connectivity index (χ2v) is 17.1. The number of rotatable bonds is 10. The van der Waals surface area contributed by atoms with Crippen LogP contribution in [0.25, 0.3) is 12.2 Å². The standard InChI is InChI=1S/C33H33NO13S4/c1-6-20-13-19(5)33(51(44,45)46)21(7-2)32(20)34(8-3)25-17-27-24(16-30(25)50(41,42)43)31(22-11-9-10-12-28(22)48(35,36)37)23-15-29(49(38,39)40)18(4)14-26(23)47-27/h9-17H,4,6-8H2,1-3,5H3,(H,35,36,37)(H,38,39,40)(H,41,42,43)(H,44,45,46). The molecule has 18 heteroatoms. The zero-order chi connectivity index (χ0) is 38.0. The lowest BCUT2D eigenvalue weighted by Crippen LogP contribution is -2.26. The quantitative estimate of drug-likeness (QED) is 0.147. The number of hydrogen-bond acceptors (Lipinski definition) is 10. The Labute approximate surface area is 295 Å². The molecule has 0 saturated carbocycles. The maximum absolute atomic E-state index is 13.2. The second kappa shape index (κ2) is 13.1. The van der Waals surface area contributed by atoms with Gasteiger partial charge in [-0.05, 0) is 72.9 Å². The highest BCUT2D eigenvalue weighted by molar-refractivity contribution is 7.86. The van der Waals surface area contributed by atoms with Crippen LogP contribution in [-0.4, -0.2) is 58.4 Å². The first-order chi connectivity index (χ1) is 23.5. The van der Waals surface area contributed by atoms with E-state index >= 15 is 0 Å². The first-order valence-corrected chi connectivity index (χ1v) is 21.0. The van der Waals surface area contributed by atoms with E-state index in [9.17, 15) is 51.9 Å². The molecule has 1 aliphatic rings. The number of anilines is 2. The zero-order valence-corrected chi connectivity index (χ0v) is 30.8. The average molecular weight is 780 g/mol. The molecule has 4 N–H and O–H groups in total. The maximum atomic E-state index is 13.2. The molecule has 5 rings (SSSR count). The molecule has 0 atom stereocenters. The van der Waals surface area contributed by atoms with Gasteiger partial charge in [0, 0.05) is 40.2 Å². The van der Waals surface area contributed by atoms with Crippen LogP contribution in [0.2, 0.25) is 0 Å². The normalized spacial score (nSPS) is 13.4. The van der Waals surface area contributed by atoms with Crippen LogP contribution in [0, 0.1) is 6.92 Å². The van der Waals surface area contributed by atoms with Gasteiger partial charge < -0.3 is 9.64 Å². The molecule has 0 radical (unpaired) electrons. The topological polar surface area (TPSA) is 230 Å². The van der Waals surface area contributed by atoms with Crippen molar-refractivity contribution in [1.29, 1.82) is 0 Å². The lowest BCUT2D eigenvalue weighted by atomic mass is 9.92. The molecule has 4 aromatic rings. The Bertz CT molecular complexity index is 2710. The van der Waals surface area contributed by atoms with Crippen LogP contribution in [0.3, 0.4) is 0 Å². The highest BCUT2D eigenvalue weighted by Crippen LogP contribution is 2.46. The van der Waals surface area contributed by atoms with Crippen molar-refractivity contribution in [1.82, 2.24) is 0 Å². The summed E-state index contributed by atoms with van der Waals surface area (Å²) in [6.07, 6.45) is 0.423. The van der Waals surface area contributed by atoms with Gasteiger partial charge in [-0.2, -0.15) is 33.7 Å². The molecule has 0 bridgehead atoms. The van der Waals surface area contributed by atoms with Crippen LogP contribution in [0.4, 0.5) is 11.4 Å². The van der Waals surface area contributed by atoms with Crippen LogP contribution < -0.4 is 20.1 Å². The van der Waals surface area contributed by atoms with E-state index in [1.54, 1.807) is 26.8 Å². The summed E-state index contributed by atoms with van der Waals surface area (Å²) in [5.74, 6) is -0.221. The SMILES string of the molecule is C=c1cc2c(cc1S(=O)(=O)O)=C(c1ccccc1S(=O)(=O)O)c1cc(S(=O)(=O)O)c(N(CC)c3c(CC)cc(C)c(S(=O)(=O)O)c3CC)cc1O2. The molecular formula is C33H33NO13S4. The lowest BCUT2D eigenvalue weighted by Gasteiger charge is -2.32. The van der Waals surface area contributed by atoms with Gasteiger partial charge in [-0.1, -0.05) is 44.7 Å². The fourth-order valence-corrected chi connectivity index (χ4v) is 9.57. The number of fused-ring (bicyclic) bond motifs is 2. The summed E-state index contributed by atoms with van der Waals surface area (Å²) in [5.41, 5.74) is 0.533. The molecular weight excluding hydrogens is 747 g/mol. The molecule has 1 heterocycles. The maximum Gasteiger partial charge on any atom is 0.296 e. The summed E-state index contributed by atoms with van der Waals surface area (Å²) >= 11 is 0. The minimum atomic E-state index is -5.17. The van der Waals surface area contributed by atoms with Crippen molar-refractivity contribution < 1.29 is 56.6 Å². The Balaban J connectivity index is 2.00. The summed E-state index contributed by atoms with van der Waals surface area (Å²) in [5, 5.41) is -0.345. The Kier molecular flexibility index (Phi) is 9.80. The molecule has 0 fully saturated rings. The number of nitrogens with zero attached hydrogens (tertiary/aromatic N) is 1. The predicted molar refractivity (Wildman–Crippen MR) is 188 cm³/mol. The highest BCUT2D eigenvalue weighted by atomic mass is 32.2. The van der Waals surface area contributed by atoms with Crippen molar-refractivity contribution in [3.8, 4) is 11.5 Å². The molecule has 0 amide bonds. The van der Waals surface area contributed by atoms with E-state index in [2.05, 4.69) is 6.58 Å². The van der Waals surface area contributed by atoms with Crippen LogP contribution >= 0.6 is 0 Å². The molecule has 51 heavy (non-hydrogen) atoms. The van der Waals surface area contributed by atoms with Gasteiger partial charge in [0.1, 0.15) is 31.1 Å². The average Bonchev–Trinajstić information content (AvgIpc) is 3.01. The van der Waals surface area contributed by atoms with Crippen LogP contribution in [-0.2, 0) is 53.3 Å². The van der Waals surface area contributed by atoms with Gasteiger partial charge >= 0.3 is 0 Å². The van der Waals surface area contributed by atoms with E-state index in [4.69, 9.17) is 4.74 Å². The number of benzene rings is 4. The van der Waals surface area contributed by atoms with E-state index in [0.717, 1.165) is 24.3 Å². The van der Waals surface area contributed by atoms with Crippen molar-refractivity contribution in [3.05, 3.63) is 92.9 Å². The van der Waals surface area contributed by atoms with Crippen molar-refractivity contribution >= 4 is 64.0 Å². The molecule has 0 aromatic heterocycles. The van der Waals surface area contributed by atoms with Crippen molar-refractivity contribution in [2.45, 2.75) is 60.1 Å². The fraction of sp³-hybridized carbons (Fsp3) is 0.212. The Morgan fingerprint density at radius 3 is 1.82 bits per heavy atom. The van der Waals surface area contributed by atoms with E-state index in [1.165, 1.54) is 36.1 Å². The smallest absolute Gasteiger partial charge is 0.296 e. The highest BCUT2D eigenvalue weighted by Gasteiger charge is 2.33. The third kappa shape index (κ3) is 6.93. The molecule has 4 aromatic carbocycles. The first kappa shape index (κ1) is 38.1. The van der Waals surface area contributed by atoms with E-state index in [1.807, 2.05) is 0 Å². The largest absolute Gasteiger partial charge is 0.456 e. The number of hydrogen-bond donors (Lipinski definition) is 4. The van der Waals surface area contributed by atoms with Crippen LogP contribution in [0.1, 0.15) is 48.6 Å². The minimum absolute atomic E-state index is 0.00518. The molecule has 0 saturated heterocycles. The van der Waals surface area contributed by atoms with Gasteiger partial charge in [0.05, 0.1) is 5.69 Å². The minimum Gasteiger partial charge on any atom is -0.456 e. The van der Waals surface area contributed by atoms with E-state index in [0.29, 0.717) is 12.0 Å². The van der Waals surface area contributed by atoms with Gasteiger partial charge in [0.15, 0.2) is 0 Å². The summed E-state index contributed by atoms with van der Waals surface area (Å²) < 4.78 is 149. The summed E-state index contributed by atoms with van der Waals surface area (Å²) in [7, 11) is -19.8. The van der Waals surface area contributed by atoms with Gasteiger partial charge in [-0.15, -0.1) is 0 Å². The fourth-order valence-electron chi connectivity index (χ4n) is 6.50. The van der Waals surface area contributed by atoms with Gasteiger partial charge in [-0.3, -0.25) is 18.2 Å². The first-order valence-electron chi connectivity index (χ1n) is 15.2. The van der Waals surface area contributed by atoms with Gasteiger partial charge in [-0.25, -0.2) is 0 Å². The van der Waals surface area contributed by atoms with Crippen molar-refractivity contribution in [2.75, 3.05) is 11.4 Å². The Morgan fingerprint density at radius 1 is 0.686 bits per heavy atom.